The van der Waals surface area contributed by atoms with Gasteiger partial charge in [-0.25, -0.2) is 9.59 Å². The number of aliphatic hydroxyl groups excluding tert-OH is 2. The lowest BCUT2D eigenvalue weighted by molar-refractivity contribution is -0.175. The zero-order valence-corrected chi connectivity index (χ0v) is 14.3. The van der Waals surface area contributed by atoms with Crippen molar-refractivity contribution in [3.8, 4) is 0 Å². The molecule has 22 heavy (non-hydrogen) atoms. The third-order valence-electron chi connectivity index (χ3n) is 2.84. The second-order valence-electron chi connectivity index (χ2n) is 4.87. The predicted molar refractivity (Wildman–Crippen MR) is 82.5 cm³/mol. The van der Waals surface area contributed by atoms with Gasteiger partial charge < -0.3 is 19.7 Å². The normalized spacial score (nSPS) is 16.5. The highest BCUT2D eigenvalue weighted by Crippen LogP contribution is 2.14. The van der Waals surface area contributed by atoms with Crippen LogP contribution in [0.4, 0.5) is 0 Å². The molecule has 8 heteroatoms. The number of hydrogen-bond acceptors (Lipinski definition) is 6. The number of esters is 2. The number of hydrogen-bond donors (Lipinski definition) is 2. The number of carbonyl (C=O) groups excluding carboxylic acids is 2. The topological polar surface area (TPSA) is 93.1 Å². The van der Waals surface area contributed by atoms with Crippen molar-refractivity contribution in [2.45, 2.75) is 75.7 Å². The van der Waals surface area contributed by atoms with E-state index in [-0.39, 0.29) is 0 Å². The quantitative estimate of drug-likeness (QED) is 0.434. The van der Waals surface area contributed by atoms with Gasteiger partial charge in [-0.1, -0.05) is 49.9 Å². The molecule has 0 saturated carbocycles. The number of alkyl halides is 2. The van der Waals surface area contributed by atoms with Gasteiger partial charge in [-0.3, -0.25) is 0 Å². The van der Waals surface area contributed by atoms with Crippen molar-refractivity contribution in [3.05, 3.63) is 0 Å². The second-order valence-corrected chi connectivity index (χ2v) is 5.84. The number of ether oxygens (including phenoxy) is 2. The highest BCUT2D eigenvalue weighted by Gasteiger charge is 2.34. The van der Waals surface area contributed by atoms with Crippen LogP contribution in [0.15, 0.2) is 0 Å². The van der Waals surface area contributed by atoms with Crippen LogP contribution in [0.2, 0.25) is 0 Å². The van der Waals surface area contributed by atoms with E-state index in [1.54, 1.807) is 0 Å². The third kappa shape index (κ3) is 8.78. The van der Waals surface area contributed by atoms with Gasteiger partial charge in [-0.15, -0.1) is 0 Å². The van der Waals surface area contributed by atoms with Crippen LogP contribution in [0.3, 0.4) is 0 Å². The molecule has 0 aliphatic rings. The fraction of sp³-hybridized carbons (Fsp3) is 0.857. The lowest BCUT2D eigenvalue weighted by atomic mass is 10.2. The van der Waals surface area contributed by atoms with E-state index in [1.165, 1.54) is 0 Å². The van der Waals surface area contributed by atoms with E-state index >= 15 is 0 Å². The van der Waals surface area contributed by atoms with Crippen LogP contribution in [0, 0.1) is 0 Å². The summed E-state index contributed by atoms with van der Waals surface area (Å²) in [6.45, 7) is 3.89. The Hall–Kier alpha value is -0.560. The Bertz CT molecular complexity index is 307. The van der Waals surface area contributed by atoms with Gasteiger partial charge in [0.2, 0.25) is 0 Å². The standard InChI is InChI=1S/C14H24Cl2O6/c1-3-5-7-9(15)21-13(19)11(17)12(18)14(20)22-10(16)8-6-4-2/h9-12,17-18H,3-8H2,1-2H3. The number of aliphatic hydroxyl groups is 2. The number of unbranched alkanes of at least 4 members (excludes halogenated alkanes) is 2. The first-order valence-electron chi connectivity index (χ1n) is 7.38. The molecule has 0 saturated heterocycles. The van der Waals surface area contributed by atoms with E-state index in [9.17, 15) is 19.8 Å². The molecular weight excluding hydrogens is 335 g/mol. The van der Waals surface area contributed by atoms with Crippen molar-refractivity contribution < 1.29 is 29.3 Å². The predicted octanol–water partition coefficient (Wildman–Crippen LogP) is 2.30. The summed E-state index contributed by atoms with van der Waals surface area (Å²) in [5.41, 5.74) is -1.84. The molecule has 2 N–H and O–H groups in total. The summed E-state index contributed by atoms with van der Waals surface area (Å²) in [4.78, 5) is 23.1. The molecule has 0 aromatic rings. The summed E-state index contributed by atoms with van der Waals surface area (Å²) in [5.74, 6) is -2.36. The Morgan fingerprint density at radius 1 is 0.864 bits per heavy atom. The minimum absolute atomic E-state index is 0.415. The van der Waals surface area contributed by atoms with Crippen LogP contribution in [-0.4, -0.2) is 45.5 Å². The monoisotopic (exact) mass is 358 g/mol. The van der Waals surface area contributed by atoms with E-state index in [1.807, 2.05) is 13.8 Å². The van der Waals surface area contributed by atoms with Crippen molar-refractivity contribution in [1.82, 2.24) is 0 Å². The molecule has 0 aromatic carbocycles. The molecule has 0 heterocycles. The summed E-state index contributed by atoms with van der Waals surface area (Å²) >= 11 is 11.5. The van der Waals surface area contributed by atoms with E-state index in [0.29, 0.717) is 12.8 Å². The smallest absolute Gasteiger partial charge is 0.339 e. The summed E-state index contributed by atoms with van der Waals surface area (Å²) in [7, 11) is 0. The van der Waals surface area contributed by atoms with E-state index in [4.69, 9.17) is 32.7 Å². The molecule has 0 radical (unpaired) electrons. The molecule has 0 spiro atoms. The zero-order chi connectivity index (χ0) is 17.1. The van der Waals surface area contributed by atoms with Crippen molar-refractivity contribution in [1.29, 1.82) is 0 Å². The van der Waals surface area contributed by atoms with E-state index in [0.717, 1.165) is 25.7 Å². The van der Waals surface area contributed by atoms with Crippen LogP contribution < -0.4 is 0 Å². The SMILES string of the molecule is CCCCC(Cl)OC(=O)C(O)C(O)C(=O)OC(Cl)CCCC. The molecule has 0 amide bonds. The molecule has 0 aliphatic carbocycles. The lowest BCUT2D eigenvalue weighted by Gasteiger charge is -2.19. The zero-order valence-electron chi connectivity index (χ0n) is 12.8. The maximum absolute atomic E-state index is 11.6. The van der Waals surface area contributed by atoms with Crippen LogP contribution in [0.5, 0.6) is 0 Å². The maximum Gasteiger partial charge on any atom is 0.339 e. The lowest BCUT2D eigenvalue weighted by Crippen LogP contribution is -2.43. The molecule has 0 aromatic heterocycles. The second kappa shape index (κ2) is 11.9. The van der Waals surface area contributed by atoms with Gasteiger partial charge in [0.1, 0.15) is 0 Å². The average Bonchev–Trinajstić information content (AvgIpc) is 2.49. The van der Waals surface area contributed by atoms with Gasteiger partial charge in [0.15, 0.2) is 23.3 Å². The Morgan fingerprint density at radius 2 is 1.18 bits per heavy atom. The van der Waals surface area contributed by atoms with Crippen molar-refractivity contribution in [2.75, 3.05) is 0 Å². The van der Waals surface area contributed by atoms with Crippen molar-refractivity contribution in [2.24, 2.45) is 0 Å². The number of rotatable bonds is 11. The highest BCUT2D eigenvalue weighted by molar-refractivity contribution is 6.20. The van der Waals surface area contributed by atoms with Crippen LogP contribution >= 0.6 is 23.2 Å². The van der Waals surface area contributed by atoms with Gasteiger partial charge in [0.05, 0.1) is 0 Å². The highest BCUT2D eigenvalue weighted by atomic mass is 35.5. The summed E-state index contributed by atoms with van der Waals surface area (Å²) < 4.78 is 9.46. The maximum atomic E-state index is 11.6. The first kappa shape index (κ1) is 21.4. The Balaban J connectivity index is 4.29. The molecule has 0 fully saturated rings. The number of carbonyl (C=O) groups is 2. The Kier molecular flexibility index (Phi) is 11.6. The van der Waals surface area contributed by atoms with Gasteiger partial charge >= 0.3 is 11.9 Å². The summed E-state index contributed by atoms with van der Waals surface area (Å²) in [6.07, 6.45) is -0.0763. The Labute approximate surface area is 140 Å². The van der Waals surface area contributed by atoms with E-state index < -0.39 is 35.3 Å². The van der Waals surface area contributed by atoms with Gasteiger partial charge in [0.25, 0.3) is 0 Å². The molecule has 4 atom stereocenters. The first-order valence-corrected chi connectivity index (χ1v) is 8.25. The fourth-order valence-electron chi connectivity index (χ4n) is 1.50. The van der Waals surface area contributed by atoms with Gasteiger partial charge in [-0.2, -0.15) is 0 Å². The largest absolute Gasteiger partial charge is 0.444 e. The van der Waals surface area contributed by atoms with Gasteiger partial charge in [-0.05, 0) is 25.7 Å². The van der Waals surface area contributed by atoms with Crippen LogP contribution in [0.1, 0.15) is 52.4 Å². The van der Waals surface area contributed by atoms with Gasteiger partial charge in [0, 0.05) is 0 Å². The molecule has 6 nitrogen and oxygen atoms in total. The summed E-state index contributed by atoms with van der Waals surface area (Å²) in [6, 6.07) is 0. The molecule has 0 aliphatic heterocycles. The molecule has 4 unspecified atom stereocenters. The van der Waals surface area contributed by atoms with Crippen molar-refractivity contribution >= 4 is 35.1 Å². The van der Waals surface area contributed by atoms with Crippen LogP contribution in [0.25, 0.3) is 0 Å². The molecule has 0 rings (SSSR count). The third-order valence-corrected chi connectivity index (χ3v) is 3.45. The van der Waals surface area contributed by atoms with Crippen LogP contribution in [-0.2, 0) is 19.1 Å². The number of halogens is 2. The molecular formula is C14H24Cl2O6. The Morgan fingerprint density at radius 3 is 1.45 bits per heavy atom. The molecule has 130 valence electrons. The fourth-order valence-corrected chi connectivity index (χ4v) is 1.98. The van der Waals surface area contributed by atoms with E-state index in [2.05, 4.69) is 0 Å². The first-order chi connectivity index (χ1) is 10.3. The molecule has 0 bridgehead atoms. The minimum Gasteiger partial charge on any atom is -0.444 e. The average molecular weight is 359 g/mol. The van der Waals surface area contributed by atoms with Crippen molar-refractivity contribution in [3.63, 3.8) is 0 Å². The minimum atomic E-state index is -2.06. The summed E-state index contributed by atoms with van der Waals surface area (Å²) in [5, 5.41) is 19.2.